The maximum Gasteiger partial charge on any atom is 0.322 e. The van der Waals surface area contributed by atoms with Gasteiger partial charge in [0, 0.05) is 38.4 Å². The second-order valence-electron chi connectivity index (χ2n) is 7.15. The third-order valence-corrected chi connectivity index (χ3v) is 4.88. The molecule has 160 valence electrons. The van der Waals surface area contributed by atoms with E-state index in [2.05, 4.69) is 25.8 Å². The number of urea groups is 1. The minimum absolute atomic E-state index is 0.0501. The molecule has 1 fully saturated rings. The molecule has 3 heterocycles. The zero-order valence-electron chi connectivity index (χ0n) is 16.8. The van der Waals surface area contributed by atoms with Crippen LogP contribution in [0.25, 0.3) is 0 Å². The second-order valence-corrected chi connectivity index (χ2v) is 7.15. The van der Waals surface area contributed by atoms with E-state index in [1.807, 2.05) is 36.1 Å². The van der Waals surface area contributed by atoms with Crippen LogP contribution in [0.3, 0.4) is 0 Å². The standard InChI is InChI=1S/C21H21F2N7O/c1-14-2-5-18(24-13-14)26-19-6-7-20(28-27-19)29-8-10-30(11-9-29)21(31)25-17-4-3-15(22)12-16(17)23/h2-7,12-13H,8-11H2,1H3,(H,25,31)(H,24,26,27). The van der Waals surface area contributed by atoms with Gasteiger partial charge in [-0.3, -0.25) is 0 Å². The third-order valence-electron chi connectivity index (χ3n) is 4.88. The number of carbonyl (C=O) groups is 1. The minimum Gasteiger partial charge on any atom is -0.352 e. The van der Waals surface area contributed by atoms with Gasteiger partial charge in [0.15, 0.2) is 11.6 Å². The Hall–Kier alpha value is -3.82. The molecule has 0 spiro atoms. The van der Waals surface area contributed by atoms with Gasteiger partial charge in [0.2, 0.25) is 0 Å². The predicted molar refractivity (Wildman–Crippen MR) is 113 cm³/mol. The predicted octanol–water partition coefficient (Wildman–Crippen LogP) is 3.56. The highest BCUT2D eigenvalue weighted by Crippen LogP contribution is 2.19. The summed E-state index contributed by atoms with van der Waals surface area (Å²) in [5, 5.41) is 14.0. The highest BCUT2D eigenvalue weighted by Gasteiger charge is 2.23. The van der Waals surface area contributed by atoms with E-state index < -0.39 is 17.7 Å². The van der Waals surface area contributed by atoms with Crippen LogP contribution in [0.1, 0.15) is 5.56 Å². The molecule has 0 atom stereocenters. The summed E-state index contributed by atoms with van der Waals surface area (Å²) in [7, 11) is 0. The maximum atomic E-state index is 13.7. The molecule has 0 bridgehead atoms. The van der Waals surface area contributed by atoms with Gasteiger partial charge in [-0.2, -0.15) is 0 Å². The molecule has 2 N–H and O–H groups in total. The monoisotopic (exact) mass is 425 g/mol. The lowest BCUT2D eigenvalue weighted by atomic mass is 10.3. The third kappa shape index (κ3) is 5.03. The fourth-order valence-electron chi connectivity index (χ4n) is 3.16. The summed E-state index contributed by atoms with van der Waals surface area (Å²) < 4.78 is 26.7. The largest absolute Gasteiger partial charge is 0.352 e. The van der Waals surface area contributed by atoms with E-state index in [1.165, 1.54) is 6.07 Å². The van der Waals surface area contributed by atoms with Crippen LogP contribution in [0.4, 0.5) is 36.7 Å². The molecule has 0 unspecified atom stereocenters. The zero-order valence-corrected chi connectivity index (χ0v) is 16.8. The van der Waals surface area contributed by atoms with Crippen LogP contribution in [0, 0.1) is 18.6 Å². The number of pyridine rings is 1. The number of halogens is 2. The number of amides is 2. The number of aryl methyl sites for hydroxylation is 1. The summed E-state index contributed by atoms with van der Waals surface area (Å²) in [6.07, 6.45) is 1.77. The van der Waals surface area contributed by atoms with Crippen molar-refractivity contribution in [3.63, 3.8) is 0 Å². The van der Waals surface area contributed by atoms with Gasteiger partial charge in [-0.15, -0.1) is 10.2 Å². The molecule has 0 radical (unpaired) electrons. The number of anilines is 4. The van der Waals surface area contributed by atoms with Gasteiger partial charge < -0.3 is 20.4 Å². The highest BCUT2D eigenvalue weighted by atomic mass is 19.1. The summed E-state index contributed by atoms with van der Waals surface area (Å²) in [6, 6.07) is 10.1. The molecule has 0 saturated carbocycles. The Morgan fingerprint density at radius 3 is 2.39 bits per heavy atom. The molecule has 31 heavy (non-hydrogen) atoms. The Labute approximate surface area is 177 Å². The second kappa shape index (κ2) is 8.90. The number of carbonyl (C=O) groups excluding carboxylic acids is 1. The topological polar surface area (TPSA) is 86.3 Å². The van der Waals surface area contributed by atoms with Crippen molar-refractivity contribution in [3.8, 4) is 0 Å². The van der Waals surface area contributed by atoms with Crippen LogP contribution in [-0.2, 0) is 0 Å². The SMILES string of the molecule is Cc1ccc(Nc2ccc(N3CCN(C(=O)Nc4ccc(F)cc4F)CC3)nn2)nc1. The number of aromatic nitrogens is 3. The Morgan fingerprint density at radius 2 is 1.74 bits per heavy atom. The van der Waals surface area contributed by atoms with Gasteiger partial charge >= 0.3 is 6.03 Å². The van der Waals surface area contributed by atoms with Gasteiger partial charge in [-0.05, 0) is 42.8 Å². The van der Waals surface area contributed by atoms with Gasteiger partial charge in [-0.25, -0.2) is 18.6 Å². The molecule has 3 aromatic rings. The van der Waals surface area contributed by atoms with Gasteiger partial charge in [-0.1, -0.05) is 6.07 Å². The molecule has 10 heteroatoms. The molecule has 1 saturated heterocycles. The molecule has 1 aliphatic rings. The van der Waals surface area contributed by atoms with E-state index >= 15 is 0 Å². The van der Waals surface area contributed by atoms with Gasteiger partial charge in [0.25, 0.3) is 0 Å². The van der Waals surface area contributed by atoms with Crippen molar-refractivity contribution in [2.24, 2.45) is 0 Å². The quantitative estimate of drug-likeness (QED) is 0.665. The normalized spacial score (nSPS) is 13.8. The van der Waals surface area contributed by atoms with Crippen molar-refractivity contribution in [3.05, 3.63) is 65.9 Å². The van der Waals surface area contributed by atoms with E-state index in [0.717, 1.165) is 17.7 Å². The molecular weight excluding hydrogens is 404 g/mol. The van der Waals surface area contributed by atoms with E-state index in [0.29, 0.717) is 43.6 Å². The summed E-state index contributed by atoms with van der Waals surface area (Å²) in [5.41, 5.74) is 1.02. The Balaban J connectivity index is 1.31. The lowest BCUT2D eigenvalue weighted by molar-refractivity contribution is 0.208. The minimum atomic E-state index is -0.809. The van der Waals surface area contributed by atoms with Gasteiger partial charge in [0.1, 0.15) is 17.5 Å². The van der Waals surface area contributed by atoms with Crippen LogP contribution >= 0.6 is 0 Å². The Kier molecular flexibility index (Phi) is 5.87. The molecule has 1 aromatic carbocycles. The van der Waals surface area contributed by atoms with Crippen LogP contribution in [0.15, 0.2) is 48.7 Å². The number of nitrogens with one attached hydrogen (secondary N) is 2. The van der Waals surface area contributed by atoms with E-state index in [1.54, 1.807) is 11.1 Å². The lowest BCUT2D eigenvalue weighted by Crippen LogP contribution is -2.50. The summed E-state index contributed by atoms with van der Waals surface area (Å²) in [4.78, 5) is 20.2. The van der Waals surface area contributed by atoms with Crippen molar-refractivity contribution in [2.45, 2.75) is 6.92 Å². The van der Waals surface area contributed by atoms with Crippen LogP contribution in [0.2, 0.25) is 0 Å². The number of hydrogen-bond acceptors (Lipinski definition) is 6. The van der Waals surface area contributed by atoms with Crippen molar-refractivity contribution in [1.29, 1.82) is 0 Å². The molecule has 8 nitrogen and oxygen atoms in total. The first-order chi connectivity index (χ1) is 15.0. The van der Waals surface area contributed by atoms with Crippen LogP contribution in [0.5, 0.6) is 0 Å². The van der Waals surface area contributed by atoms with Gasteiger partial charge in [0.05, 0.1) is 5.69 Å². The highest BCUT2D eigenvalue weighted by molar-refractivity contribution is 5.89. The lowest BCUT2D eigenvalue weighted by Gasteiger charge is -2.35. The van der Waals surface area contributed by atoms with Crippen molar-refractivity contribution in [1.82, 2.24) is 20.1 Å². The molecule has 4 rings (SSSR count). The summed E-state index contributed by atoms with van der Waals surface area (Å²) in [6.45, 7) is 3.95. The zero-order chi connectivity index (χ0) is 21.8. The fourth-order valence-corrected chi connectivity index (χ4v) is 3.16. The number of rotatable bonds is 4. The van der Waals surface area contributed by atoms with Crippen molar-refractivity contribution in [2.75, 3.05) is 41.7 Å². The summed E-state index contributed by atoms with van der Waals surface area (Å²) >= 11 is 0. The Bertz CT molecular complexity index is 1050. The first-order valence-corrected chi connectivity index (χ1v) is 9.77. The number of piperazine rings is 1. The van der Waals surface area contributed by atoms with E-state index in [-0.39, 0.29) is 5.69 Å². The smallest absolute Gasteiger partial charge is 0.322 e. The fraction of sp³-hybridized carbons (Fsp3) is 0.238. The first kappa shape index (κ1) is 20.5. The number of nitrogens with zero attached hydrogens (tertiary/aromatic N) is 5. The molecule has 0 aliphatic carbocycles. The summed E-state index contributed by atoms with van der Waals surface area (Å²) in [5.74, 6) is 0.467. The Morgan fingerprint density at radius 1 is 0.968 bits per heavy atom. The average molecular weight is 425 g/mol. The molecule has 2 aromatic heterocycles. The molecular formula is C21H21F2N7O. The van der Waals surface area contributed by atoms with Crippen molar-refractivity contribution < 1.29 is 13.6 Å². The van der Waals surface area contributed by atoms with E-state index in [4.69, 9.17) is 0 Å². The molecule has 2 amide bonds. The maximum absolute atomic E-state index is 13.7. The molecule has 1 aliphatic heterocycles. The first-order valence-electron chi connectivity index (χ1n) is 9.77. The number of benzene rings is 1. The van der Waals surface area contributed by atoms with Crippen LogP contribution in [-0.4, -0.2) is 52.3 Å². The van der Waals surface area contributed by atoms with Crippen molar-refractivity contribution >= 4 is 29.2 Å². The van der Waals surface area contributed by atoms with E-state index in [9.17, 15) is 13.6 Å². The average Bonchev–Trinajstić information content (AvgIpc) is 2.78. The van der Waals surface area contributed by atoms with Crippen LogP contribution < -0.4 is 15.5 Å². The number of hydrogen-bond donors (Lipinski definition) is 2.